The topological polar surface area (TPSA) is 78.4 Å². The van der Waals surface area contributed by atoms with Crippen molar-refractivity contribution in [2.45, 2.75) is 38.3 Å². The fraction of sp³-hybridized carbons (Fsp3) is 0.818. The van der Waals surface area contributed by atoms with Crippen LogP contribution in [0, 0.1) is 11.8 Å². The molecule has 16 heavy (non-hydrogen) atoms. The summed E-state index contributed by atoms with van der Waals surface area (Å²) in [6.45, 7) is 2.38. The van der Waals surface area contributed by atoms with Crippen molar-refractivity contribution in [3.8, 4) is 0 Å². The van der Waals surface area contributed by atoms with Crippen LogP contribution in [-0.4, -0.2) is 35.6 Å². The molecule has 2 fully saturated rings. The zero-order valence-electron chi connectivity index (χ0n) is 9.40. The summed E-state index contributed by atoms with van der Waals surface area (Å²) in [5, 5.41) is 14.5. The SMILES string of the molecule is C[C@@H](NC(=O)C1NCC2CCCC21)C(=O)O. The molecule has 1 aliphatic carbocycles. The summed E-state index contributed by atoms with van der Waals surface area (Å²) in [6, 6.07) is -0.996. The van der Waals surface area contributed by atoms with Crippen LogP contribution in [0.4, 0.5) is 0 Å². The average molecular weight is 226 g/mol. The van der Waals surface area contributed by atoms with Crippen LogP contribution >= 0.6 is 0 Å². The maximum atomic E-state index is 11.9. The van der Waals surface area contributed by atoms with Crippen LogP contribution in [0.15, 0.2) is 0 Å². The smallest absolute Gasteiger partial charge is 0.325 e. The molecule has 1 heterocycles. The molecule has 1 amide bonds. The fourth-order valence-corrected chi connectivity index (χ4v) is 2.84. The highest BCUT2D eigenvalue weighted by molar-refractivity contribution is 5.87. The van der Waals surface area contributed by atoms with Gasteiger partial charge in [-0.25, -0.2) is 0 Å². The van der Waals surface area contributed by atoms with Gasteiger partial charge in [-0.3, -0.25) is 9.59 Å². The summed E-state index contributed by atoms with van der Waals surface area (Å²) < 4.78 is 0. The maximum absolute atomic E-state index is 11.9. The number of nitrogens with one attached hydrogen (secondary N) is 2. The number of hydrogen-bond donors (Lipinski definition) is 3. The Labute approximate surface area is 94.6 Å². The van der Waals surface area contributed by atoms with E-state index < -0.39 is 12.0 Å². The molecule has 0 aromatic rings. The zero-order chi connectivity index (χ0) is 11.7. The zero-order valence-corrected chi connectivity index (χ0v) is 9.40. The third-order valence-corrected chi connectivity index (χ3v) is 3.76. The first-order valence-corrected chi connectivity index (χ1v) is 5.86. The van der Waals surface area contributed by atoms with Crippen molar-refractivity contribution in [1.29, 1.82) is 0 Å². The molecule has 1 saturated carbocycles. The molecular weight excluding hydrogens is 208 g/mol. The van der Waals surface area contributed by atoms with Crippen LogP contribution in [0.25, 0.3) is 0 Å². The number of carbonyl (C=O) groups excluding carboxylic acids is 1. The molecule has 1 saturated heterocycles. The van der Waals surface area contributed by atoms with Crippen LogP contribution in [0.3, 0.4) is 0 Å². The van der Waals surface area contributed by atoms with E-state index in [4.69, 9.17) is 5.11 Å². The van der Waals surface area contributed by atoms with E-state index in [-0.39, 0.29) is 11.9 Å². The lowest BCUT2D eigenvalue weighted by Gasteiger charge is -2.19. The number of carboxylic acids is 1. The Morgan fingerprint density at radius 1 is 1.44 bits per heavy atom. The molecular formula is C11H18N2O3. The molecule has 3 N–H and O–H groups in total. The minimum atomic E-state index is -0.991. The Bertz CT molecular complexity index is 306. The van der Waals surface area contributed by atoms with E-state index in [0.717, 1.165) is 13.0 Å². The largest absolute Gasteiger partial charge is 0.480 e. The summed E-state index contributed by atoms with van der Waals surface area (Å²) in [5.41, 5.74) is 0. The number of rotatable bonds is 3. The van der Waals surface area contributed by atoms with Gasteiger partial charge in [0.15, 0.2) is 0 Å². The lowest BCUT2D eigenvalue weighted by atomic mass is 9.93. The van der Waals surface area contributed by atoms with Gasteiger partial charge in [0.2, 0.25) is 5.91 Å². The molecule has 5 nitrogen and oxygen atoms in total. The van der Waals surface area contributed by atoms with Crippen molar-refractivity contribution >= 4 is 11.9 Å². The van der Waals surface area contributed by atoms with E-state index in [1.54, 1.807) is 0 Å². The van der Waals surface area contributed by atoms with Gasteiger partial charge < -0.3 is 15.7 Å². The summed E-state index contributed by atoms with van der Waals surface area (Å²) in [6.07, 6.45) is 3.46. The van der Waals surface area contributed by atoms with Crippen LogP contribution in [0.1, 0.15) is 26.2 Å². The Kier molecular flexibility index (Phi) is 3.14. The number of aliphatic carboxylic acids is 1. The average Bonchev–Trinajstić information content (AvgIpc) is 2.77. The van der Waals surface area contributed by atoms with E-state index in [1.165, 1.54) is 19.8 Å². The Hall–Kier alpha value is -1.10. The van der Waals surface area contributed by atoms with E-state index in [9.17, 15) is 9.59 Å². The van der Waals surface area contributed by atoms with Gasteiger partial charge in [-0.1, -0.05) is 6.42 Å². The monoisotopic (exact) mass is 226 g/mol. The highest BCUT2D eigenvalue weighted by atomic mass is 16.4. The van der Waals surface area contributed by atoms with Crippen LogP contribution in [0.2, 0.25) is 0 Å². The summed E-state index contributed by atoms with van der Waals surface area (Å²) in [7, 11) is 0. The van der Waals surface area contributed by atoms with E-state index in [2.05, 4.69) is 10.6 Å². The molecule has 0 aromatic heterocycles. The van der Waals surface area contributed by atoms with Gasteiger partial charge in [0.25, 0.3) is 0 Å². The van der Waals surface area contributed by atoms with Gasteiger partial charge in [0.1, 0.15) is 6.04 Å². The highest BCUT2D eigenvalue weighted by Crippen LogP contribution is 2.37. The van der Waals surface area contributed by atoms with Crippen molar-refractivity contribution < 1.29 is 14.7 Å². The Morgan fingerprint density at radius 3 is 2.88 bits per heavy atom. The normalized spacial score (nSPS) is 34.4. The van der Waals surface area contributed by atoms with Gasteiger partial charge in [-0.2, -0.15) is 0 Å². The predicted octanol–water partition coefficient (Wildman–Crippen LogP) is -0.0362. The molecule has 0 aromatic carbocycles. The number of hydrogen-bond acceptors (Lipinski definition) is 3. The highest BCUT2D eigenvalue weighted by Gasteiger charge is 2.42. The first-order chi connectivity index (χ1) is 7.59. The van der Waals surface area contributed by atoms with Crippen molar-refractivity contribution in [2.75, 3.05) is 6.54 Å². The molecule has 5 heteroatoms. The second-order valence-corrected chi connectivity index (χ2v) is 4.81. The van der Waals surface area contributed by atoms with E-state index in [0.29, 0.717) is 11.8 Å². The quantitative estimate of drug-likeness (QED) is 0.631. The van der Waals surface area contributed by atoms with E-state index in [1.807, 2.05) is 0 Å². The van der Waals surface area contributed by atoms with Gasteiger partial charge in [-0.15, -0.1) is 0 Å². The van der Waals surface area contributed by atoms with Crippen LogP contribution < -0.4 is 10.6 Å². The summed E-state index contributed by atoms with van der Waals surface area (Å²) >= 11 is 0. The summed E-state index contributed by atoms with van der Waals surface area (Å²) in [5.74, 6) is -0.143. The minimum Gasteiger partial charge on any atom is -0.480 e. The lowest BCUT2D eigenvalue weighted by Crippen LogP contribution is -2.49. The Morgan fingerprint density at radius 2 is 2.19 bits per heavy atom. The Balaban J connectivity index is 1.92. The first-order valence-electron chi connectivity index (χ1n) is 5.86. The van der Waals surface area contributed by atoms with Crippen LogP contribution in [-0.2, 0) is 9.59 Å². The second kappa shape index (κ2) is 4.41. The van der Waals surface area contributed by atoms with Crippen molar-refractivity contribution in [3.05, 3.63) is 0 Å². The number of amides is 1. The van der Waals surface area contributed by atoms with Crippen molar-refractivity contribution in [1.82, 2.24) is 10.6 Å². The summed E-state index contributed by atoms with van der Waals surface area (Å²) in [4.78, 5) is 22.5. The minimum absolute atomic E-state index is 0.163. The standard InChI is InChI=1S/C11H18N2O3/c1-6(11(15)16)13-10(14)9-8-4-2-3-7(8)5-12-9/h6-9,12H,2-5H2,1H3,(H,13,14)(H,15,16)/t6-,7?,8?,9?/m1/s1. The van der Waals surface area contributed by atoms with Gasteiger partial charge >= 0.3 is 5.97 Å². The third-order valence-electron chi connectivity index (χ3n) is 3.76. The predicted molar refractivity (Wildman–Crippen MR) is 57.9 cm³/mol. The maximum Gasteiger partial charge on any atom is 0.325 e. The van der Waals surface area contributed by atoms with Crippen LogP contribution in [0.5, 0.6) is 0 Å². The fourth-order valence-electron chi connectivity index (χ4n) is 2.84. The van der Waals surface area contributed by atoms with Gasteiger partial charge in [-0.05, 0) is 38.1 Å². The number of carboxylic acid groups (broad SMARTS) is 1. The third kappa shape index (κ3) is 2.04. The number of carbonyl (C=O) groups is 2. The molecule has 1 aliphatic heterocycles. The molecule has 0 bridgehead atoms. The molecule has 90 valence electrons. The molecule has 2 rings (SSSR count). The van der Waals surface area contributed by atoms with Gasteiger partial charge in [0, 0.05) is 0 Å². The molecule has 4 atom stereocenters. The van der Waals surface area contributed by atoms with Gasteiger partial charge in [0.05, 0.1) is 6.04 Å². The van der Waals surface area contributed by atoms with Crippen molar-refractivity contribution in [2.24, 2.45) is 11.8 Å². The molecule has 0 spiro atoms. The molecule has 2 aliphatic rings. The van der Waals surface area contributed by atoms with Crippen molar-refractivity contribution in [3.63, 3.8) is 0 Å². The first kappa shape index (κ1) is 11.4. The molecule has 3 unspecified atom stereocenters. The number of fused-ring (bicyclic) bond motifs is 1. The second-order valence-electron chi connectivity index (χ2n) is 4.81. The molecule has 0 radical (unpaired) electrons. The van der Waals surface area contributed by atoms with E-state index >= 15 is 0 Å². The lowest BCUT2D eigenvalue weighted by molar-refractivity contribution is -0.141.